The van der Waals surface area contributed by atoms with Gasteiger partial charge in [0, 0.05) is 5.56 Å². The zero-order valence-electron chi connectivity index (χ0n) is 11.3. The summed E-state index contributed by atoms with van der Waals surface area (Å²) in [6, 6.07) is 18.7. The fourth-order valence-electron chi connectivity index (χ4n) is 1.91. The molecule has 2 heteroatoms. The van der Waals surface area contributed by atoms with Crippen LogP contribution in [0.25, 0.3) is 6.08 Å². The molecule has 0 N–H and O–H groups in total. The van der Waals surface area contributed by atoms with Crippen LogP contribution in [0.1, 0.15) is 28.4 Å². The summed E-state index contributed by atoms with van der Waals surface area (Å²) in [5, 5.41) is 9.18. The molecule has 0 amide bonds. The lowest BCUT2D eigenvalue weighted by atomic mass is 10.0. The van der Waals surface area contributed by atoms with Gasteiger partial charge in [0.2, 0.25) is 5.78 Å². The third-order valence-corrected chi connectivity index (χ3v) is 3.10. The molecule has 2 aromatic carbocycles. The Morgan fingerprint density at radius 2 is 1.75 bits per heavy atom. The van der Waals surface area contributed by atoms with Gasteiger partial charge in [-0.1, -0.05) is 61.5 Å². The number of hydrogen-bond donors (Lipinski definition) is 0. The summed E-state index contributed by atoms with van der Waals surface area (Å²) < 4.78 is 0. The van der Waals surface area contributed by atoms with Crippen LogP contribution in [0.4, 0.5) is 0 Å². The molecule has 0 spiro atoms. The Labute approximate surface area is 119 Å². The zero-order valence-corrected chi connectivity index (χ0v) is 11.3. The van der Waals surface area contributed by atoms with Gasteiger partial charge in [0.1, 0.15) is 11.6 Å². The van der Waals surface area contributed by atoms with Gasteiger partial charge in [0.15, 0.2) is 0 Å². The number of nitriles is 1. The summed E-state index contributed by atoms with van der Waals surface area (Å²) >= 11 is 0. The predicted molar refractivity (Wildman–Crippen MR) is 80.2 cm³/mol. The maximum Gasteiger partial charge on any atom is 0.203 e. The monoisotopic (exact) mass is 261 g/mol. The molecule has 2 aromatic rings. The summed E-state index contributed by atoms with van der Waals surface area (Å²) in [6.07, 6.45) is 2.60. The first kappa shape index (κ1) is 13.8. The minimum atomic E-state index is -0.243. The number of rotatable bonds is 4. The van der Waals surface area contributed by atoms with Crippen molar-refractivity contribution >= 4 is 11.9 Å². The van der Waals surface area contributed by atoms with E-state index in [0.717, 1.165) is 12.0 Å². The van der Waals surface area contributed by atoms with Crippen molar-refractivity contribution in [1.82, 2.24) is 0 Å². The van der Waals surface area contributed by atoms with Crippen LogP contribution in [-0.2, 0) is 6.42 Å². The zero-order chi connectivity index (χ0) is 14.4. The highest BCUT2D eigenvalue weighted by molar-refractivity contribution is 6.13. The Morgan fingerprint density at radius 1 is 1.10 bits per heavy atom. The molecule has 0 fully saturated rings. The Morgan fingerprint density at radius 3 is 2.30 bits per heavy atom. The highest BCUT2D eigenvalue weighted by atomic mass is 16.1. The van der Waals surface area contributed by atoms with Crippen molar-refractivity contribution in [3.05, 3.63) is 76.9 Å². The number of allylic oxidation sites excluding steroid dienone is 1. The average molecular weight is 261 g/mol. The fraction of sp³-hybridized carbons (Fsp3) is 0.111. The van der Waals surface area contributed by atoms with Gasteiger partial charge in [-0.2, -0.15) is 5.26 Å². The van der Waals surface area contributed by atoms with Gasteiger partial charge < -0.3 is 0 Å². The molecule has 2 rings (SSSR count). The molecular weight excluding hydrogens is 246 g/mol. The van der Waals surface area contributed by atoms with Gasteiger partial charge in [0.25, 0.3) is 0 Å². The molecular formula is C18H15NO. The molecule has 0 aliphatic rings. The molecule has 0 aliphatic heterocycles. The standard InChI is InChI=1S/C18H15NO/c1-2-14-8-10-15(11-9-14)12-17(13-19)18(20)16-6-4-3-5-7-16/h3-12H,2H2,1H3/b17-12+. The lowest BCUT2D eigenvalue weighted by molar-refractivity contribution is 0.104. The van der Waals surface area contributed by atoms with E-state index in [1.54, 1.807) is 30.3 Å². The average Bonchev–Trinajstić information content (AvgIpc) is 2.53. The minimum absolute atomic E-state index is 0.153. The van der Waals surface area contributed by atoms with E-state index in [1.165, 1.54) is 5.56 Å². The van der Waals surface area contributed by atoms with Crippen molar-refractivity contribution in [2.45, 2.75) is 13.3 Å². The SMILES string of the molecule is CCc1ccc(/C=C(\C#N)C(=O)c2ccccc2)cc1. The van der Waals surface area contributed by atoms with E-state index in [9.17, 15) is 10.1 Å². The second kappa shape index (κ2) is 6.49. The van der Waals surface area contributed by atoms with Crippen molar-refractivity contribution in [2.24, 2.45) is 0 Å². The number of benzene rings is 2. The van der Waals surface area contributed by atoms with Gasteiger partial charge in [-0.15, -0.1) is 0 Å². The van der Waals surface area contributed by atoms with Gasteiger partial charge in [-0.05, 0) is 23.6 Å². The number of Topliss-reactive ketones (excluding diaryl/α,β-unsaturated/α-hetero) is 1. The first-order chi connectivity index (χ1) is 9.74. The summed E-state index contributed by atoms with van der Waals surface area (Å²) in [5.41, 5.74) is 2.78. The van der Waals surface area contributed by atoms with E-state index in [1.807, 2.05) is 36.4 Å². The molecule has 0 heterocycles. The summed E-state index contributed by atoms with van der Waals surface area (Å²) in [4.78, 5) is 12.2. The van der Waals surface area contributed by atoms with Crippen LogP contribution in [0.2, 0.25) is 0 Å². The molecule has 0 bridgehead atoms. The number of ketones is 1. The molecule has 98 valence electrons. The number of aryl methyl sites for hydroxylation is 1. The first-order valence-electron chi connectivity index (χ1n) is 6.55. The van der Waals surface area contributed by atoms with Crippen LogP contribution in [0, 0.1) is 11.3 Å². The van der Waals surface area contributed by atoms with E-state index >= 15 is 0 Å². The van der Waals surface area contributed by atoms with Crippen LogP contribution in [0.15, 0.2) is 60.2 Å². The lowest BCUT2D eigenvalue weighted by Crippen LogP contribution is -2.01. The van der Waals surface area contributed by atoms with Crippen LogP contribution < -0.4 is 0 Å². The molecule has 0 radical (unpaired) electrons. The summed E-state index contributed by atoms with van der Waals surface area (Å²) in [5.74, 6) is -0.243. The van der Waals surface area contributed by atoms with Crippen molar-refractivity contribution in [3.8, 4) is 6.07 Å². The largest absolute Gasteiger partial charge is 0.288 e. The summed E-state index contributed by atoms with van der Waals surface area (Å²) in [7, 11) is 0. The van der Waals surface area contributed by atoms with Gasteiger partial charge >= 0.3 is 0 Å². The second-order valence-electron chi connectivity index (χ2n) is 4.46. The lowest BCUT2D eigenvalue weighted by Gasteiger charge is -2.01. The highest BCUT2D eigenvalue weighted by Crippen LogP contribution is 2.13. The number of hydrogen-bond acceptors (Lipinski definition) is 2. The van der Waals surface area contributed by atoms with E-state index in [2.05, 4.69) is 6.92 Å². The smallest absolute Gasteiger partial charge is 0.203 e. The third kappa shape index (κ3) is 3.21. The van der Waals surface area contributed by atoms with Gasteiger partial charge in [0.05, 0.1) is 0 Å². The van der Waals surface area contributed by atoms with Crippen LogP contribution >= 0.6 is 0 Å². The maximum atomic E-state index is 12.2. The number of carbonyl (C=O) groups is 1. The third-order valence-electron chi connectivity index (χ3n) is 3.10. The highest BCUT2D eigenvalue weighted by Gasteiger charge is 2.11. The second-order valence-corrected chi connectivity index (χ2v) is 4.46. The van der Waals surface area contributed by atoms with E-state index in [0.29, 0.717) is 5.56 Å². The molecule has 0 aromatic heterocycles. The first-order valence-corrected chi connectivity index (χ1v) is 6.55. The summed E-state index contributed by atoms with van der Waals surface area (Å²) in [6.45, 7) is 2.09. The van der Waals surface area contributed by atoms with E-state index in [-0.39, 0.29) is 11.4 Å². The normalized spacial score (nSPS) is 10.9. The molecule has 0 unspecified atom stereocenters. The van der Waals surface area contributed by atoms with Crippen LogP contribution in [-0.4, -0.2) is 5.78 Å². The van der Waals surface area contributed by atoms with Crippen LogP contribution in [0.5, 0.6) is 0 Å². The minimum Gasteiger partial charge on any atom is -0.288 e. The van der Waals surface area contributed by atoms with Crippen molar-refractivity contribution in [1.29, 1.82) is 5.26 Å². The molecule has 2 nitrogen and oxygen atoms in total. The molecule has 0 atom stereocenters. The Hall–Kier alpha value is -2.66. The van der Waals surface area contributed by atoms with Crippen LogP contribution in [0.3, 0.4) is 0 Å². The quantitative estimate of drug-likeness (QED) is 0.473. The molecule has 0 saturated heterocycles. The van der Waals surface area contributed by atoms with Crippen molar-refractivity contribution in [2.75, 3.05) is 0 Å². The molecule has 20 heavy (non-hydrogen) atoms. The van der Waals surface area contributed by atoms with E-state index < -0.39 is 0 Å². The molecule has 0 aliphatic carbocycles. The maximum absolute atomic E-state index is 12.2. The predicted octanol–water partition coefficient (Wildman–Crippen LogP) is 4.04. The van der Waals surface area contributed by atoms with E-state index in [4.69, 9.17) is 0 Å². The Bertz CT molecular complexity index is 661. The van der Waals surface area contributed by atoms with Gasteiger partial charge in [-0.25, -0.2) is 0 Å². The van der Waals surface area contributed by atoms with Crippen molar-refractivity contribution in [3.63, 3.8) is 0 Å². The number of carbonyl (C=O) groups excluding carboxylic acids is 1. The molecule has 0 saturated carbocycles. The fourth-order valence-corrected chi connectivity index (χ4v) is 1.91. The van der Waals surface area contributed by atoms with Crippen molar-refractivity contribution < 1.29 is 4.79 Å². The number of nitrogens with zero attached hydrogens (tertiary/aromatic N) is 1. The Balaban J connectivity index is 2.30. The Kier molecular flexibility index (Phi) is 4.47. The topological polar surface area (TPSA) is 40.9 Å². The van der Waals surface area contributed by atoms with Gasteiger partial charge in [-0.3, -0.25) is 4.79 Å².